The average molecular weight is 376 g/mol. The van der Waals surface area contributed by atoms with Crippen LogP contribution < -0.4 is 4.90 Å². The predicted octanol–water partition coefficient (Wildman–Crippen LogP) is 2.85. The quantitative estimate of drug-likeness (QED) is 0.548. The summed E-state index contributed by atoms with van der Waals surface area (Å²) < 4.78 is 20.8. The second-order valence-electron chi connectivity index (χ2n) is 6.46. The van der Waals surface area contributed by atoms with Crippen molar-refractivity contribution in [1.82, 2.24) is 24.7 Å². The summed E-state index contributed by atoms with van der Waals surface area (Å²) in [6, 6.07) is 12.0. The Balaban J connectivity index is 1.67. The maximum atomic E-state index is 13.7. The van der Waals surface area contributed by atoms with Gasteiger partial charge < -0.3 is 9.64 Å². The Bertz CT molecular complexity index is 1140. The van der Waals surface area contributed by atoms with Crippen molar-refractivity contribution in [2.24, 2.45) is 0 Å². The van der Waals surface area contributed by atoms with Gasteiger partial charge in [-0.25, -0.2) is 9.37 Å². The SMILES string of the molecule is Fc1cccc(-c2ccnn2-c2nc(N3CCOCC3)c3ncccc3n2)c1. The number of hydrogen-bond acceptors (Lipinski definition) is 6. The fraction of sp³-hybridized carbons (Fsp3) is 0.200. The topological polar surface area (TPSA) is 69.0 Å². The van der Waals surface area contributed by atoms with Crippen LogP contribution in [0.2, 0.25) is 0 Å². The van der Waals surface area contributed by atoms with Crippen molar-refractivity contribution in [1.29, 1.82) is 0 Å². The summed E-state index contributed by atoms with van der Waals surface area (Å²) in [5.41, 5.74) is 2.90. The molecule has 0 saturated carbocycles. The summed E-state index contributed by atoms with van der Waals surface area (Å²) in [4.78, 5) is 16.1. The number of morpholine rings is 1. The van der Waals surface area contributed by atoms with E-state index in [1.165, 1.54) is 12.1 Å². The molecule has 0 unspecified atom stereocenters. The molecule has 0 amide bonds. The molecule has 140 valence electrons. The van der Waals surface area contributed by atoms with Crippen molar-refractivity contribution in [3.05, 3.63) is 60.7 Å². The lowest BCUT2D eigenvalue weighted by Gasteiger charge is -2.28. The number of nitrogens with zero attached hydrogens (tertiary/aromatic N) is 6. The Hall–Kier alpha value is -3.39. The van der Waals surface area contributed by atoms with Gasteiger partial charge in [0.05, 0.1) is 30.6 Å². The molecule has 4 aromatic rings. The van der Waals surface area contributed by atoms with Gasteiger partial charge in [0.2, 0.25) is 0 Å². The van der Waals surface area contributed by atoms with Gasteiger partial charge in [0.1, 0.15) is 11.3 Å². The van der Waals surface area contributed by atoms with E-state index in [4.69, 9.17) is 9.72 Å². The van der Waals surface area contributed by atoms with Gasteiger partial charge in [-0.05, 0) is 30.3 Å². The van der Waals surface area contributed by atoms with Crippen LogP contribution >= 0.6 is 0 Å². The Morgan fingerprint density at radius 2 is 1.86 bits per heavy atom. The molecule has 4 heterocycles. The Morgan fingerprint density at radius 1 is 0.964 bits per heavy atom. The molecule has 1 fully saturated rings. The number of halogens is 1. The fourth-order valence-corrected chi connectivity index (χ4v) is 3.36. The summed E-state index contributed by atoms with van der Waals surface area (Å²) in [5, 5.41) is 4.39. The van der Waals surface area contributed by atoms with E-state index in [-0.39, 0.29) is 5.82 Å². The molecule has 28 heavy (non-hydrogen) atoms. The summed E-state index contributed by atoms with van der Waals surface area (Å²) in [6.07, 6.45) is 3.40. The zero-order valence-electron chi connectivity index (χ0n) is 15.0. The molecule has 1 aliphatic heterocycles. The molecule has 0 radical (unpaired) electrons. The summed E-state index contributed by atoms with van der Waals surface area (Å²) in [5.74, 6) is 0.874. The van der Waals surface area contributed by atoms with Crippen molar-refractivity contribution in [2.75, 3.05) is 31.2 Å². The van der Waals surface area contributed by atoms with Crippen molar-refractivity contribution in [3.8, 4) is 17.2 Å². The van der Waals surface area contributed by atoms with Gasteiger partial charge in [-0.1, -0.05) is 12.1 Å². The number of rotatable bonds is 3. The lowest BCUT2D eigenvalue weighted by Crippen LogP contribution is -2.37. The first-order chi connectivity index (χ1) is 13.8. The van der Waals surface area contributed by atoms with Gasteiger partial charge in [0.25, 0.3) is 5.95 Å². The molecular weight excluding hydrogens is 359 g/mol. The van der Waals surface area contributed by atoms with E-state index in [0.29, 0.717) is 24.7 Å². The molecule has 0 spiro atoms. The molecule has 0 bridgehead atoms. The normalized spacial score (nSPS) is 14.5. The lowest BCUT2D eigenvalue weighted by atomic mass is 10.1. The van der Waals surface area contributed by atoms with Crippen molar-refractivity contribution in [2.45, 2.75) is 0 Å². The third-order valence-electron chi connectivity index (χ3n) is 4.69. The third kappa shape index (κ3) is 2.97. The van der Waals surface area contributed by atoms with E-state index in [2.05, 4.69) is 20.0 Å². The van der Waals surface area contributed by atoms with Gasteiger partial charge in [0, 0.05) is 24.8 Å². The monoisotopic (exact) mass is 376 g/mol. The van der Waals surface area contributed by atoms with E-state index in [0.717, 1.165) is 35.6 Å². The third-order valence-corrected chi connectivity index (χ3v) is 4.69. The molecular formula is C20H17FN6O. The zero-order chi connectivity index (χ0) is 18.9. The van der Waals surface area contributed by atoms with Crippen LogP contribution in [0, 0.1) is 5.82 Å². The molecule has 1 aromatic carbocycles. The van der Waals surface area contributed by atoms with E-state index in [1.807, 2.05) is 24.3 Å². The highest BCUT2D eigenvalue weighted by Crippen LogP contribution is 2.26. The van der Waals surface area contributed by atoms with Crippen LogP contribution in [0.15, 0.2) is 54.9 Å². The minimum absolute atomic E-state index is 0.303. The standard InChI is InChI=1S/C20H17FN6O/c21-15-4-1-3-14(13-15)17-6-8-23-27(17)20-24-16-5-2-7-22-18(16)19(25-20)26-9-11-28-12-10-26/h1-8,13H,9-12H2. The molecule has 0 atom stereocenters. The Kier molecular flexibility index (Phi) is 4.17. The van der Waals surface area contributed by atoms with Crippen molar-refractivity contribution >= 4 is 16.9 Å². The van der Waals surface area contributed by atoms with E-state index >= 15 is 0 Å². The Morgan fingerprint density at radius 3 is 2.71 bits per heavy atom. The maximum Gasteiger partial charge on any atom is 0.253 e. The second kappa shape index (κ2) is 6.97. The minimum atomic E-state index is -0.303. The highest BCUT2D eigenvalue weighted by Gasteiger charge is 2.20. The maximum absolute atomic E-state index is 13.7. The van der Waals surface area contributed by atoms with Crippen LogP contribution in [0.25, 0.3) is 28.2 Å². The van der Waals surface area contributed by atoms with Crippen LogP contribution in [0.5, 0.6) is 0 Å². The first-order valence-electron chi connectivity index (χ1n) is 9.05. The number of hydrogen-bond donors (Lipinski definition) is 0. The summed E-state index contributed by atoms with van der Waals surface area (Å²) in [6.45, 7) is 2.75. The minimum Gasteiger partial charge on any atom is -0.378 e. The van der Waals surface area contributed by atoms with Crippen LogP contribution in [0.3, 0.4) is 0 Å². The lowest BCUT2D eigenvalue weighted by molar-refractivity contribution is 0.122. The average Bonchev–Trinajstić information content (AvgIpc) is 3.24. The first kappa shape index (κ1) is 16.8. The predicted molar refractivity (Wildman–Crippen MR) is 103 cm³/mol. The second-order valence-corrected chi connectivity index (χ2v) is 6.46. The smallest absolute Gasteiger partial charge is 0.253 e. The Labute approximate surface area is 160 Å². The number of ether oxygens (including phenoxy) is 1. The number of fused-ring (bicyclic) bond motifs is 1. The number of benzene rings is 1. The first-order valence-corrected chi connectivity index (χ1v) is 9.05. The summed E-state index contributed by atoms with van der Waals surface area (Å²) in [7, 11) is 0. The van der Waals surface area contributed by atoms with Gasteiger partial charge in [0.15, 0.2) is 5.82 Å². The molecule has 3 aromatic heterocycles. The van der Waals surface area contributed by atoms with E-state index < -0.39 is 0 Å². The molecule has 7 nitrogen and oxygen atoms in total. The zero-order valence-corrected chi connectivity index (χ0v) is 15.0. The number of anilines is 1. The van der Waals surface area contributed by atoms with Gasteiger partial charge >= 0.3 is 0 Å². The highest BCUT2D eigenvalue weighted by atomic mass is 19.1. The molecule has 1 saturated heterocycles. The van der Waals surface area contributed by atoms with Gasteiger partial charge in [-0.15, -0.1) is 0 Å². The molecule has 1 aliphatic rings. The van der Waals surface area contributed by atoms with Crippen LogP contribution in [0.1, 0.15) is 0 Å². The number of aromatic nitrogens is 5. The molecule has 5 rings (SSSR count). The summed E-state index contributed by atoms with van der Waals surface area (Å²) >= 11 is 0. The number of pyridine rings is 1. The largest absolute Gasteiger partial charge is 0.378 e. The van der Waals surface area contributed by atoms with Crippen molar-refractivity contribution < 1.29 is 9.13 Å². The highest BCUT2D eigenvalue weighted by molar-refractivity contribution is 5.86. The fourth-order valence-electron chi connectivity index (χ4n) is 3.36. The van der Waals surface area contributed by atoms with E-state index in [9.17, 15) is 4.39 Å². The van der Waals surface area contributed by atoms with Crippen LogP contribution in [-0.2, 0) is 4.74 Å². The van der Waals surface area contributed by atoms with Crippen LogP contribution in [0.4, 0.5) is 10.2 Å². The molecule has 0 aliphatic carbocycles. The molecule has 0 N–H and O–H groups in total. The van der Waals surface area contributed by atoms with Gasteiger partial charge in [-0.3, -0.25) is 4.98 Å². The van der Waals surface area contributed by atoms with E-state index in [1.54, 1.807) is 23.1 Å². The van der Waals surface area contributed by atoms with Crippen molar-refractivity contribution in [3.63, 3.8) is 0 Å². The molecule has 8 heteroatoms. The van der Waals surface area contributed by atoms with Gasteiger partial charge in [-0.2, -0.15) is 14.8 Å². The van der Waals surface area contributed by atoms with Crippen LogP contribution in [-0.4, -0.2) is 51.0 Å².